The number of carboxylic acid groups (broad SMARTS) is 1. The number of aromatic nitrogens is 2. The number of hydrogen-bond acceptors (Lipinski definition) is 4. The first kappa shape index (κ1) is 25.2. The van der Waals surface area contributed by atoms with E-state index in [1.807, 2.05) is 0 Å². The van der Waals surface area contributed by atoms with E-state index in [9.17, 15) is 32.7 Å². The molecule has 1 aromatic heterocycles. The standard InChI is InChI=1S/C26H24F3N3O4/c1-14-5-4-6-19(26(27,28)29)21(14)24(34)32-20-13-17(23(33)31(2)3)11-12-18(20)22(30-32)15-7-9-16(10-8-15)25(35)36/h4-7,11-13,16H,8-10H2,1-3H3,(H,35,36). The molecule has 188 valence electrons. The highest BCUT2D eigenvalue weighted by Crippen LogP contribution is 2.37. The van der Waals surface area contributed by atoms with Crippen LogP contribution in [0.15, 0.2) is 42.5 Å². The molecule has 0 bridgehead atoms. The molecule has 1 aliphatic rings. The third-order valence-electron chi connectivity index (χ3n) is 6.38. The molecule has 1 heterocycles. The Labute approximate surface area is 204 Å². The van der Waals surface area contributed by atoms with Gasteiger partial charge in [0, 0.05) is 25.0 Å². The Morgan fingerprint density at radius 2 is 1.86 bits per heavy atom. The second kappa shape index (κ2) is 9.25. The summed E-state index contributed by atoms with van der Waals surface area (Å²) in [6.45, 7) is 1.42. The lowest BCUT2D eigenvalue weighted by molar-refractivity contribution is -0.142. The second-order valence-corrected chi connectivity index (χ2v) is 9.03. The summed E-state index contributed by atoms with van der Waals surface area (Å²) < 4.78 is 42.3. The van der Waals surface area contributed by atoms with E-state index in [1.54, 1.807) is 32.3 Å². The number of hydrogen-bond donors (Lipinski definition) is 1. The van der Waals surface area contributed by atoms with Gasteiger partial charge in [-0.05, 0) is 61.6 Å². The number of benzene rings is 2. The van der Waals surface area contributed by atoms with Crippen LogP contribution in [0.5, 0.6) is 0 Å². The lowest BCUT2D eigenvalue weighted by atomic mass is 9.87. The molecule has 1 N–H and O–H groups in total. The summed E-state index contributed by atoms with van der Waals surface area (Å²) in [7, 11) is 3.13. The van der Waals surface area contributed by atoms with Crippen molar-refractivity contribution in [2.24, 2.45) is 5.92 Å². The normalized spacial score (nSPS) is 16.1. The molecule has 0 aliphatic heterocycles. The summed E-state index contributed by atoms with van der Waals surface area (Å²) in [5.41, 5.74) is 0.0810. The SMILES string of the molecule is Cc1cccc(C(F)(F)F)c1C(=O)n1nc(C2=CCC(C(=O)O)CC2)c2ccc(C(=O)N(C)C)cc21. The van der Waals surface area contributed by atoms with E-state index in [2.05, 4.69) is 5.10 Å². The Morgan fingerprint density at radius 3 is 2.44 bits per heavy atom. The van der Waals surface area contributed by atoms with Gasteiger partial charge in [0.05, 0.1) is 28.3 Å². The molecule has 0 radical (unpaired) electrons. The molecule has 1 aliphatic carbocycles. The number of alkyl halides is 3. The van der Waals surface area contributed by atoms with Crippen molar-refractivity contribution in [3.8, 4) is 0 Å². The molecule has 0 fully saturated rings. The number of aryl methyl sites for hydroxylation is 1. The number of aliphatic carboxylic acids is 1. The Morgan fingerprint density at radius 1 is 1.14 bits per heavy atom. The van der Waals surface area contributed by atoms with Crippen molar-refractivity contribution in [1.82, 2.24) is 14.7 Å². The molecule has 7 nitrogen and oxygen atoms in total. The fourth-order valence-corrected chi connectivity index (χ4v) is 4.47. The quantitative estimate of drug-likeness (QED) is 0.544. The fourth-order valence-electron chi connectivity index (χ4n) is 4.47. The van der Waals surface area contributed by atoms with Gasteiger partial charge in [-0.2, -0.15) is 23.0 Å². The monoisotopic (exact) mass is 499 g/mol. The maximum atomic E-state index is 13.8. The smallest absolute Gasteiger partial charge is 0.417 e. The Bertz CT molecular complexity index is 1420. The van der Waals surface area contributed by atoms with Crippen LogP contribution in [0.3, 0.4) is 0 Å². The Balaban J connectivity index is 1.93. The van der Waals surface area contributed by atoms with Crippen molar-refractivity contribution >= 4 is 34.3 Å². The van der Waals surface area contributed by atoms with Crippen molar-refractivity contribution in [2.45, 2.75) is 32.4 Å². The van der Waals surface area contributed by atoms with Crippen molar-refractivity contribution in [1.29, 1.82) is 0 Å². The highest BCUT2D eigenvalue weighted by molar-refractivity contribution is 6.07. The number of rotatable bonds is 4. The third-order valence-corrected chi connectivity index (χ3v) is 6.38. The highest BCUT2D eigenvalue weighted by atomic mass is 19.4. The van der Waals surface area contributed by atoms with Gasteiger partial charge < -0.3 is 10.0 Å². The fraction of sp³-hybridized carbons (Fsp3) is 0.308. The summed E-state index contributed by atoms with van der Waals surface area (Å²) >= 11 is 0. The predicted octanol–water partition coefficient (Wildman–Crippen LogP) is 5.02. The number of nitrogens with zero attached hydrogens (tertiary/aromatic N) is 3. The molecule has 10 heteroatoms. The van der Waals surface area contributed by atoms with E-state index in [0.29, 0.717) is 29.5 Å². The minimum absolute atomic E-state index is 0.140. The lowest BCUT2D eigenvalue weighted by Crippen LogP contribution is -2.22. The highest BCUT2D eigenvalue weighted by Gasteiger charge is 2.37. The molecular weight excluding hydrogens is 475 g/mol. The maximum Gasteiger partial charge on any atom is 0.417 e. The number of carboxylic acids is 1. The van der Waals surface area contributed by atoms with Crippen LogP contribution in [-0.4, -0.2) is 51.7 Å². The summed E-state index contributed by atoms with van der Waals surface area (Å²) in [6, 6.07) is 8.14. The molecule has 36 heavy (non-hydrogen) atoms. The minimum Gasteiger partial charge on any atom is -0.481 e. The zero-order chi connectivity index (χ0) is 26.4. The van der Waals surface area contributed by atoms with E-state index in [1.165, 1.54) is 30.0 Å². The lowest BCUT2D eigenvalue weighted by Gasteiger charge is -2.17. The zero-order valence-corrected chi connectivity index (χ0v) is 19.9. The number of amides is 1. The second-order valence-electron chi connectivity index (χ2n) is 9.03. The van der Waals surface area contributed by atoms with Crippen LogP contribution in [0, 0.1) is 12.8 Å². The van der Waals surface area contributed by atoms with Crippen LogP contribution in [0.2, 0.25) is 0 Å². The summed E-state index contributed by atoms with van der Waals surface area (Å²) in [4.78, 5) is 38.9. The van der Waals surface area contributed by atoms with E-state index in [-0.39, 0.29) is 29.0 Å². The average molecular weight is 499 g/mol. The molecule has 4 rings (SSSR count). The molecule has 2 aromatic carbocycles. The Kier molecular flexibility index (Phi) is 6.46. The molecule has 0 spiro atoms. The number of carbonyl (C=O) groups excluding carboxylic acids is 2. The predicted molar refractivity (Wildman–Crippen MR) is 127 cm³/mol. The van der Waals surface area contributed by atoms with Crippen molar-refractivity contribution < 1.29 is 32.7 Å². The van der Waals surface area contributed by atoms with Gasteiger partial charge in [0.1, 0.15) is 0 Å². The molecule has 1 amide bonds. The van der Waals surface area contributed by atoms with Gasteiger partial charge >= 0.3 is 12.1 Å². The van der Waals surface area contributed by atoms with Crippen molar-refractivity contribution in [3.63, 3.8) is 0 Å². The van der Waals surface area contributed by atoms with Crippen molar-refractivity contribution in [2.75, 3.05) is 14.1 Å². The summed E-state index contributed by atoms with van der Waals surface area (Å²) in [5, 5.41) is 14.2. The minimum atomic E-state index is -4.76. The van der Waals surface area contributed by atoms with Gasteiger partial charge in [-0.25, -0.2) is 0 Å². The first-order chi connectivity index (χ1) is 16.9. The molecule has 0 saturated carbocycles. The average Bonchev–Trinajstić information content (AvgIpc) is 3.21. The number of carbonyl (C=O) groups is 3. The van der Waals surface area contributed by atoms with Gasteiger partial charge in [0.25, 0.3) is 11.8 Å². The number of fused-ring (bicyclic) bond motifs is 1. The molecular formula is C26H24F3N3O4. The largest absolute Gasteiger partial charge is 0.481 e. The third kappa shape index (κ3) is 4.50. The molecule has 1 atom stereocenters. The molecule has 1 unspecified atom stereocenters. The molecule has 3 aromatic rings. The van der Waals surface area contributed by atoms with Gasteiger partial charge in [-0.1, -0.05) is 18.2 Å². The Hall–Kier alpha value is -3.95. The van der Waals surface area contributed by atoms with E-state index >= 15 is 0 Å². The van der Waals surface area contributed by atoms with Gasteiger partial charge in [0.2, 0.25) is 0 Å². The first-order valence-corrected chi connectivity index (χ1v) is 11.3. The van der Waals surface area contributed by atoms with E-state index in [4.69, 9.17) is 0 Å². The van der Waals surface area contributed by atoms with Gasteiger partial charge in [-0.3, -0.25) is 14.4 Å². The van der Waals surface area contributed by atoms with E-state index < -0.39 is 35.1 Å². The van der Waals surface area contributed by atoms with Crippen LogP contribution >= 0.6 is 0 Å². The first-order valence-electron chi connectivity index (χ1n) is 11.3. The van der Waals surface area contributed by atoms with E-state index in [0.717, 1.165) is 10.7 Å². The number of allylic oxidation sites excluding steroid dienone is 2. The van der Waals surface area contributed by atoms with Crippen LogP contribution in [0.25, 0.3) is 16.5 Å². The van der Waals surface area contributed by atoms with Crippen LogP contribution in [-0.2, 0) is 11.0 Å². The van der Waals surface area contributed by atoms with Gasteiger partial charge in [-0.15, -0.1) is 0 Å². The van der Waals surface area contributed by atoms with Crippen molar-refractivity contribution in [3.05, 3.63) is 70.4 Å². The van der Waals surface area contributed by atoms with Crippen LogP contribution in [0.1, 0.15) is 56.8 Å². The maximum absolute atomic E-state index is 13.8. The topological polar surface area (TPSA) is 92.5 Å². The summed E-state index contributed by atoms with van der Waals surface area (Å²) in [6.07, 6.45) is -1.98. The van der Waals surface area contributed by atoms with Crippen LogP contribution in [0.4, 0.5) is 13.2 Å². The molecule has 0 saturated heterocycles. The summed E-state index contributed by atoms with van der Waals surface area (Å²) in [5.74, 6) is -2.74. The van der Waals surface area contributed by atoms with Crippen LogP contribution < -0.4 is 0 Å². The zero-order valence-electron chi connectivity index (χ0n) is 19.9. The van der Waals surface area contributed by atoms with Gasteiger partial charge in [0.15, 0.2) is 0 Å². The number of halogens is 3.